The predicted molar refractivity (Wildman–Crippen MR) is 103 cm³/mol. The van der Waals surface area contributed by atoms with E-state index in [2.05, 4.69) is 54.3 Å². The third-order valence-electron chi connectivity index (χ3n) is 4.44. The highest BCUT2D eigenvalue weighted by Crippen LogP contribution is 2.26. The zero-order valence-corrected chi connectivity index (χ0v) is 14.6. The Morgan fingerprint density at radius 2 is 1.52 bits per heavy atom. The average molecular weight is 329 g/mol. The molecule has 0 saturated heterocycles. The van der Waals surface area contributed by atoms with Crippen molar-refractivity contribution >= 4 is 6.29 Å². The van der Waals surface area contributed by atoms with E-state index in [0.717, 1.165) is 31.5 Å². The average Bonchev–Trinajstić information content (AvgIpc) is 2.69. The number of carbonyl (C=O) groups excluding carboxylic acids is 1. The summed E-state index contributed by atoms with van der Waals surface area (Å²) in [5, 5.41) is 0. The van der Waals surface area contributed by atoms with Gasteiger partial charge in [0.15, 0.2) is 0 Å². The molecule has 0 atom stereocenters. The number of nitrogens with zero attached hydrogens (tertiary/aromatic N) is 1. The van der Waals surface area contributed by atoms with E-state index in [9.17, 15) is 4.79 Å². The number of carbonyl (C=O) groups is 1. The van der Waals surface area contributed by atoms with Crippen LogP contribution in [0.5, 0.6) is 0 Å². The van der Waals surface area contributed by atoms with Crippen LogP contribution in [-0.2, 0) is 13.1 Å². The summed E-state index contributed by atoms with van der Waals surface area (Å²) in [4.78, 5) is 13.6. The van der Waals surface area contributed by atoms with Crippen molar-refractivity contribution in [2.24, 2.45) is 0 Å². The zero-order chi connectivity index (χ0) is 17.5. The molecule has 0 aliphatic heterocycles. The van der Waals surface area contributed by atoms with Crippen molar-refractivity contribution in [2.75, 3.05) is 6.54 Å². The molecule has 0 aliphatic carbocycles. The lowest BCUT2D eigenvalue weighted by molar-refractivity contribution is 0.112. The lowest BCUT2D eigenvalue weighted by Crippen LogP contribution is -2.22. The van der Waals surface area contributed by atoms with Gasteiger partial charge in [-0.3, -0.25) is 9.69 Å². The molecule has 0 fully saturated rings. The molecule has 0 heterocycles. The summed E-state index contributed by atoms with van der Waals surface area (Å²) in [6, 6.07) is 26.8. The van der Waals surface area contributed by atoms with E-state index in [4.69, 9.17) is 0 Å². The van der Waals surface area contributed by atoms with Gasteiger partial charge < -0.3 is 0 Å². The molecule has 0 bridgehead atoms. The fourth-order valence-electron chi connectivity index (χ4n) is 3.08. The maximum atomic E-state index is 11.2. The molecule has 0 unspecified atom stereocenters. The maximum Gasteiger partial charge on any atom is 0.150 e. The van der Waals surface area contributed by atoms with Crippen molar-refractivity contribution in [3.05, 3.63) is 95.6 Å². The van der Waals surface area contributed by atoms with E-state index >= 15 is 0 Å². The van der Waals surface area contributed by atoms with Crippen molar-refractivity contribution in [1.82, 2.24) is 4.90 Å². The van der Waals surface area contributed by atoms with Gasteiger partial charge in [-0.15, -0.1) is 0 Å². The molecule has 3 aromatic rings. The molecule has 0 spiro atoms. The van der Waals surface area contributed by atoms with Crippen LogP contribution in [-0.4, -0.2) is 17.7 Å². The zero-order valence-electron chi connectivity index (χ0n) is 14.6. The Bertz CT molecular complexity index is 812. The molecule has 0 radical (unpaired) electrons. The fourth-order valence-corrected chi connectivity index (χ4v) is 3.08. The molecule has 3 rings (SSSR count). The van der Waals surface area contributed by atoms with E-state index in [1.54, 1.807) is 0 Å². The second-order valence-corrected chi connectivity index (χ2v) is 6.19. The van der Waals surface area contributed by atoms with Gasteiger partial charge in [0.25, 0.3) is 0 Å². The van der Waals surface area contributed by atoms with E-state index < -0.39 is 0 Å². The molecule has 25 heavy (non-hydrogen) atoms. The molecule has 2 heteroatoms. The van der Waals surface area contributed by atoms with Gasteiger partial charge in [0.05, 0.1) is 0 Å². The topological polar surface area (TPSA) is 20.3 Å². The highest BCUT2D eigenvalue weighted by molar-refractivity contribution is 5.78. The minimum Gasteiger partial charge on any atom is -0.298 e. The number of hydrogen-bond donors (Lipinski definition) is 0. The molecule has 0 aliphatic rings. The van der Waals surface area contributed by atoms with Crippen LogP contribution in [0.3, 0.4) is 0 Å². The summed E-state index contributed by atoms with van der Waals surface area (Å²) >= 11 is 0. The summed E-state index contributed by atoms with van der Waals surface area (Å²) in [7, 11) is 0. The molecule has 126 valence electrons. The lowest BCUT2D eigenvalue weighted by atomic mass is 9.97. The van der Waals surface area contributed by atoms with Crippen molar-refractivity contribution in [3.8, 4) is 11.1 Å². The van der Waals surface area contributed by atoms with Crippen molar-refractivity contribution in [1.29, 1.82) is 0 Å². The first-order valence-electron chi connectivity index (χ1n) is 8.70. The molecular weight excluding hydrogens is 306 g/mol. The number of hydrogen-bond acceptors (Lipinski definition) is 2. The molecule has 0 amide bonds. The SMILES string of the molecule is CCN(Cc1ccccc1)Cc1cc(C=O)ccc1-c1ccccc1. The Hall–Kier alpha value is -2.71. The molecule has 0 aromatic heterocycles. The molecule has 3 aromatic carbocycles. The third kappa shape index (κ3) is 4.43. The number of aldehydes is 1. The highest BCUT2D eigenvalue weighted by atomic mass is 16.1. The molecule has 2 nitrogen and oxygen atoms in total. The quantitative estimate of drug-likeness (QED) is 0.556. The minimum atomic E-state index is 0.727. The van der Waals surface area contributed by atoms with E-state index in [-0.39, 0.29) is 0 Å². The lowest BCUT2D eigenvalue weighted by Gasteiger charge is -2.22. The summed E-state index contributed by atoms with van der Waals surface area (Å²) in [6.45, 7) is 4.84. The van der Waals surface area contributed by atoms with Crippen LogP contribution in [0.1, 0.15) is 28.4 Å². The Kier molecular flexibility index (Phi) is 5.76. The Balaban J connectivity index is 1.90. The van der Waals surface area contributed by atoms with Crippen molar-refractivity contribution < 1.29 is 4.79 Å². The largest absolute Gasteiger partial charge is 0.298 e. The normalized spacial score (nSPS) is 10.8. The van der Waals surface area contributed by atoms with Gasteiger partial charge in [0.2, 0.25) is 0 Å². The second kappa shape index (κ2) is 8.41. The summed E-state index contributed by atoms with van der Waals surface area (Å²) in [5.41, 5.74) is 5.60. The molecule has 0 N–H and O–H groups in total. The summed E-state index contributed by atoms with van der Waals surface area (Å²) < 4.78 is 0. The van der Waals surface area contributed by atoms with E-state index in [0.29, 0.717) is 0 Å². The minimum absolute atomic E-state index is 0.727. The summed E-state index contributed by atoms with van der Waals surface area (Å²) in [6.07, 6.45) is 0.922. The van der Waals surface area contributed by atoms with Crippen molar-refractivity contribution in [2.45, 2.75) is 20.0 Å². The van der Waals surface area contributed by atoms with Crippen LogP contribution >= 0.6 is 0 Å². The van der Waals surface area contributed by atoms with Gasteiger partial charge in [-0.2, -0.15) is 0 Å². The standard InChI is InChI=1S/C23H23NO/c1-2-24(16-19-9-5-3-6-10-19)17-22-15-20(18-25)13-14-23(22)21-11-7-4-8-12-21/h3-15,18H,2,16-17H2,1H3. The van der Waals surface area contributed by atoms with Crippen LogP contribution in [0, 0.1) is 0 Å². The van der Waals surface area contributed by atoms with Gasteiger partial charge >= 0.3 is 0 Å². The Morgan fingerprint density at radius 3 is 2.16 bits per heavy atom. The summed E-state index contributed by atoms with van der Waals surface area (Å²) in [5.74, 6) is 0. The fraction of sp³-hybridized carbons (Fsp3) is 0.174. The van der Waals surface area contributed by atoms with Gasteiger partial charge in [-0.25, -0.2) is 0 Å². The van der Waals surface area contributed by atoms with Crippen LogP contribution in [0.15, 0.2) is 78.9 Å². The first-order valence-corrected chi connectivity index (χ1v) is 8.70. The third-order valence-corrected chi connectivity index (χ3v) is 4.44. The molecule has 0 saturated carbocycles. The van der Waals surface area contributed by atoms with Gasteiger partial charge in [-0.1, -0.05) is 79.7 Å². The monoisotopic (exact) mass is 329 g/mol. The van der Waals surface area contributed by atoms with Crippen LogP contribution in [0.4, 0.5) is 0 Å². The molecular formula is C23H23NO. The van der Waals surface area contributed by atoms with Gasteiger partial charge in [0.1, 0.15) is 6.29 Å². The maximum absolute atomic E-state index is 11.2. The van der Waals surface area contributed by atoms with Crippen LogP contribution in [0.2, 0.25) is 0 Å². The van der Waals surface area contributed by atoms with Crippen LogP contribution < -0.4 is 0 Å². The van der Waals surface area contributed by atoms with Crippen LogP contribution in [0.25, 0.3) is 11.1 Å². The number of benzene rings is 3. The predicted octanol–water partition coefficient (Wildman–Crippen LogP) is 5.19. The van der Waals surface area contributed by atoms with Crippen molar-refractivity contribution in [3.63, 3.8) is 0 Å². The van der Waals surface area contributed by atoms with E-state index in [1.807, 2.05) is 36.4 Å². The second-order valence-electron chi connectivity index (χ2n) is 6.19. The number of rotatable bonds is 7. The van der Waals surface area contributed by atoms with E-state index in [1.165, 1.54) is 22.3 Å². The highest BCUT2D eigenvalue weighted by Gasteiger charge is 2.11. The van der Waals surface area contributed by atoms with Gasteiger partial charge in [-0.05, 0) is 34.9 Å². The first kappa shape index (κ1) is 17.1. The first-order chi connectivity index (χ1) is 12.3. The smallest absolute Gasteiger partial charge is 0.150 e. The Labute approximate surface area is 149 Å². The Morgan fingerprint density at radius 1 is 0.840 bits per heavy atom. The van der Waals surface area contributed by atoms with Gasteiger partial charge in [0, 0.05) is 18.7 Å².